The third-order valence-corrected chi connectivity index (χ3v) is 6.02. The smallest absolute Gasteiger partial charge is 0.227 e. The monoisotopic (exact) mass is 345 g/mol. The van der Waals surface area contributed by atoms with E-state index in [-0.39, 0.29) is 11.8 Å². The average Bonchev–Trinajstić information content (AvgIpc) is 3.35. The first-order valence-electron chi connectivity index (χ1n) is 8.49. The standard InChI is InChI=1S/C17H23N5OS/c1-20-12-13(9-19-20)14-10-18-11-15(14)17(23)22-6-4-21(5-7-22)16-3-2-8-24-16/h2-3,8-9,12,14-15,18H,4-7,10-11H2,1H3/t14-,15+/m1/s1. The Morgan fingerprint density at radius 3 is 2.79 bits per heavy atom. The molecule has 7 heteroatoms. The molecule has 2 fully saturated rings. The fraction of sp³-hybridized carbons (Fsp3) is 0.529. The Morgan fingerprint density at radius 1 is 1.29 bits per heavy atom. The zero-order valence-corrected chi connectivity index (χ0v) is 14.7. The van der Waals surface area contributed by atoms with Crippen LogP contribution in [0.4, 0.5) is 5.00 Å². The summed E-state index contributed by atoms with van der Waals surface area (Å²) in [6.45, 7) is 5.09. The third-order valence-electron chi connectivity index (χ3n) is 5.09. The number of hydrogen-bond donors (Lipinski definition) is 1. The minimum absolute atomic E-state index is 0.0301. The lowest BCUT2D eigenvalue weighted by Gasteiger charge is -2.37. The van der Waals surface area contributed by atoms with Gasteiger partial charge in [0.2, 0.25) is 5.91 Å². The highest BCUT2D eigenvalue weighted by Crippen LogP contribution is 2.30. The lowest BCUT2D eigenvalue weighted by molar-refractivity contribution is -0.135. The van der Waals surface area contributed by atoms with Gasteiger partial charge in [-0.2, -0.15) is 5.10 Å². The molecule has 0 spiro atoms. The molecular formula is C17H23N5OS. The Hall–Kier alpha value is -1.86. The molecule has 2 aliphatic rings. The second-order valence-corrected chi connectivity index (χ2v) is 7.51. The Kier molecular flexibility index (Phi) is 4.28. The Bertz CT molecular complexity index is 690. The molecule has 0 aromatic carbocycles. The molecule has 1 N–H and O–H groups in total. The van der Waals surface area contributed by atoms with Gasteiger partial charge in [-0.05, 0) is 23.1 Å². The van der Waals surface area contributed by atoms with Gasteiger partial charge in [0, 0.05) is 58.4 Å². The number of carbonyl (C=O) groups is 1. The molecule has 0 radical (unpaired) electrons. The molecule has 24 heavy (non-hydrogen) atoms. The number of carbonyl (C=O) groups excluding carboxylic acids is 1. The van der Waals surface area contributed by atoms with Gasteiger partial charge in [0.1, 0.15) is 0 Å². The minimum atomic E-state index is 0.0301. The van der Waals surface area contributed by atoms with Crippen LogP contribution in [-0.4, -0.2) is 59.9 Å². The van der Waals surface area contributed by atoms with Gasteiger partial charge in [-0.15, -0.1) is 11.3 Å². The van der Waals surface area contributed by atoms with E-state index in [1.54, 1.807) is 11.3 Å². The summed E-state index contributed by atoms with van der Waals surface area (Å²) < 4.78 is 1.81. The van der Waals surface area contributed by atoms with Crippen LogP contribution in [0.1, 0.15) is 11.5 Å². The molecule has 2 aliphatic heterocycles. The van der Waals surface area contributed by atoms with Gasteiger partial charge in [0.15, 0.2) is 0 Å². The predicted octanol–water partition coefficient (Wildman–Crippen LogP) is 1.13. The van der Waals surface area contributed by atoms with Crippen LogP contribution in [0.25, 0.3) is 0 Å². The number of piperazine rings is 1. The molecule has 2 aromatic heterocycles. The van der Waals surface area contributed by atoms with Crippen molar-refractivity contribution in [2.24, 2.45) is 13.0 Å². The number of aromatic nitrogens is 2. The van der Waals surface area contributed by atoms with Crippen LogP contribution < -0.4 is 10.2 Å². The van der Waals surface area contributed by atoms with Crippen LogP contribution in [-0.2, 0) is 11.8 Å². The maximum atomic E-state index is 13.0. The van der Waals surface area contributed by atoms with E-state index in [0.717, 1.165) is 44.8 Å². The second kappa shape index (κ2) is 6.57. The normalized spacial score (nSPS) is 24.5. The lowest BCUT2D eigenvalue weighted by atomic mass is 9.89. The summed E-state index contributed by atoms with van der Waals surface area (Å²) >= 11 is 1.77. The topological polar surface area (TPSA) is 53.4 Å². The Labute approximate surface area is 146 Å². The summed E-state index contributed by atoms with van der Waals surface area (Å²) in [5, 5.41) is 11.1. The molecule has 0 aliphatic carbocycles. The fourth-order valence-corrected chi connectivity index (χ4v) is 4.54. The van der Waals surface area contributed by atoms with Gasteiger partial charge in [0.05, 0.1) is 17.1 Å². The maximum Gasteiger partial charge on any atom is 0.227 e. The van der Waals surface area contributed by atoms with E-state index in [4.69, 9.17) is 0 Å². The molecule has 128 valence electrons. The van der Waals surface area contributed by atoms with Crippen molar-refractivity contribution in [3.05, 3.63) is 35.5 Å². The lowest BCUT2D eigenvalue weighted by Crippen LogP contribution is -2.51. The van der Waals surface area contributed by atoms with Gasteiger partial charge < -0.3 is 15.1 Å². The Balaban J connectivity index is 1.40. The number of nitrogens with one attached hydrogen (secondary N) is 1. The Morgan fingerprint density at radius 2 is 2.12 bits per heavy atom. The van der Waals surface area contributed by atoms with Gasteiger partial charge in [-0.1, -0.05) is 0 Å². The van der Waals surface area contributed by atoms with Crippen molar-refractivity contribution in [1.82, 2.24) is 20.0 Å². The van der Waals surface area contributed by atoms with Crippen molar-refractivity contribution in [2.45, 2.75) is 5.92 Å². The van der Waals surface area contributed by atoms with Crippen molar-refractivity contribution in [2.75, 3.05) is 44.2 Å². The summed E-state index contributed by atoms with van der Waals surface area (Å²) in [5.41, 5.74) is 1.16. The molecule has 2 atom stereocenters. The van der Waals surface area contributed by atoms with E-state index in [1.807, 2.05) is 29.0 Å². The van der Waals surface area contributed by atoms with Crippen molar-refractivity contribution in [3.63, 3.8) is 0 Å². The zero-order valence-electron chi connectivity index (χ0n) is 13.9. The largest absolute Gasteiger partial charge is 0.360 e. The van der Waals surface area contributed by atoms with E-state index in [2.05, 4.69) is 32.8 Å². The zero-order chi connectivity index (χ0) is 16.5. The third kappa shape index (κ3) is 2.93. The van der Waals surface area contributed by atoms with E-state index in [1.165, 1.54) is 5.00 Å². The van der Waals surface area contributed by atoms with Crippen molar-refractivity contribution >= 4 is 22.2 Å². The predicted molar refractivity (Wildman–Crippen MR) is 95.4 cm³/mol. The highest BCUT2D eigenvalue weighted by atomic mass is 32.1. The molecule has 0 saturated carbocycles. The number of hydrogen-bond acceptors (Lipinski definition) is 5. The van der Waals surface area contributed by atoms with Crippen LogP contribution in [0, 0.1) is 5.92 Å². The number of rotatable bonds is 3. The first-order valence-corrected chi connectivity index (χ1v) is 9.37. The molecular weight excluding hydrogens is 322 g/mol. The van der Waals surface area contributed by atoms with Gasteiger partial charge in [0.25, 0.3) is 0 Å². The van der Waals surface area contributed by atoms with E-state index in [0.29, 0.717) is 5.91 Å². The molecule has 2 saturated heterocycles. The average molecular weight is 345 g/mol. The van der Waals surface area contributed by atoms with E-state index in [9.17, 15) is 4.79 Å². The molecule has 2 aromatic rings. The molecule has 6 nitrogen and oxygen atoms in total. The quantitative estimate of drug-likeness (QED) is 0.906. The molecule has 0 unspecified atom stereocenters. The van der Waals surface area contributed by atoms with Crippen LogP contribution >= 0.6 is 11.3 Å². The van der Waals surface area contributed by atoms with Crippen LogP contribution in [0.5, 0.6) is 0 Å². The van der Waals surface area contributed by atoms with Gasteiger partial charge in [-0.25, -0.2) is 0 Å². The summed E-state index contributed by atoms with van der Waals surface area (Å²) in [6.07, 6.45) is 3.93. The van der Waals surface area contributed by atoms with Crippen molar-refractivity contribution in [3.8, 4) is 0 Å². The summed E-state index contributed by atoms with van der Waals surface area (Å²) in [7, 11) is 1.92. The van der Waals surface area contributed by atoms with Gasteiger partial charge >= 0.3 is 0 Å². The molecule has 1 amide bonds. The van der Waals surface area contributed by atoms with Crippen LogP contribution in [0.15, 0.2) is 29.9 Å². The van der Waals surface area contributed by atoms with Gasteiger partial charge in [-0.3, -0.25) is 9.48 Å². The van der Waals surface area contributed by atoms with Crippen LogP contribution in [0.2, 0.25) is 0 Å². The first kappa shape index (κ1) is 15.7. The molecule has 0 bridgehead atoms. The first-order chi connectivity index (χ1) is 11.7. The van der Waals surface area contributed by atoms with E-state index >= 15 is 0 Å². The van der Waals surface area contributed by atoms with Crippen molar-refractivity contribution < 1.29 is 4.79 Å². The summed E-state index contributed by atoms with van der Waals surface area (Å²) in [5.74, 6) is 0.559. The highest BCUT2D eigenvalue weighted by molar-refractivity contribution is 7.14. The fourth-order valence-electron chi connectivity index (χ4n) is 3.75. The number of aryl methyl sites for hydroxylation is 1. The SMILES string of the molecule is Cn1cc([C@H]2CNC[C@@H]2C(=O)N2CCN(c3cccs3)CC2)cn1. The number of thiophene rings is 1. The minimum Gasteiger partial charge on any atom is -0.360 e. The van der Waals surface area contributed by atoms with Crippen LogP contribution in [0.3, 0.4) is 0 Å². The molecule has 4 rings (SSSR count). The number of amides is 1. The number of nitrogens with zero attached hydrogens (tertiary/aromatic N) is 4. The number of anilines is 1. The molecule has 4 heterocycles. The maximum absolute atomic E-state index is 13.0. The van der Waals surface area contributed by atoms with E-state index < -0.39 is 0 Å². The summed E-state index contributed by atoms with van der Waals surface area (Å²) in [6, 6.07) is 4.24. The summed E-state index contributed by atoms with van der Waals surface area (Å²) in [4.78, 5) is 17.4. The second-order valence-electron chi connectivity index (χ2n) is 6.58. The highest BCUT2D eigenvalue weighted by Gasteiger charge is 2.37. The van der Waals surface area contributed by atoms with Crippen molar-refractivity contribution in [1.29, 1.82) is 0 Å².